The summed E-state index contributed by atoms with van der Waals surface area (Å²) in [5.41, 5.74) is 0.0914. The van der Waals surface area contributed by atoms with Crippen LogP contribution in [0.15, 0.2) is 12.1 Å². The molecule has 1 heterocycles. The van der Waals surface area contributed by atoms with Crippen LogP contribution in [0.1, 0.15) is 30.8 Å². The zero-order valence-electron chi connectivity index (χ0n) is 11.8. The van der Waals surface area contributed by atoms with Crippen LogP contribution in [0, 0.1) is 0 Å². The Labute approximate surface area is 123 Å². The van der Waals surface area contributed by atoms with Crippen molar-refractivity contribution in [1.29, 1.82) is 0 Å². The third kappa shape index (κ3) is 4.38. The van der Waals surface area contributed by atoms with E-state index in [1.165, 1.54) is 0 Å². The van der Waals surface area contributed by atoms with Crippen LogP contribution in [-0.2, 0) is 4.79 Å². The van der Waals surface area contributed by atoms with Crippen molar-refractivity contribution in [3.63, 3.8) is 0 Å². The second-order valence-corrected chi connectivity index (χ2v) is 4.67. The number of hydrogen-bond acceptors (Lipinski definition) is 4. The summed E-state index contributed by atoms with van der Waals surface area (Å²) in [5.74, 6) is -0.185. The van der Waals surface area contributed by atoms with Crippen LogP contribution in [0.25, 0.3) is 0 Å². The van der Waals surface area contributed by atoms with E-state index in [2.05, 4.69) is 20.9 Å². The van der Waals surface area contributed by atoms with Crippen molar-refractivity contribution in [2.24, 2.45) is 0 Å². The van der Waals surface area contributed by atoms with Gasteiger partial charge in [-0.3, -0.25) is 9.59 Å². The fourth-order valence-corrected chi connectivity index (χ4v) is 1.66. The molecule has 1 aromatic rings. The zero-order valence-corrected chi connectivity index (χ0v) is 12.5. The van der Waals surface area contributed by atoms with Crippen LogP contribution >= 0.6 is 11.6 Å². The average molecular weight is 299 g/mol. The Kier molecular flexibility index (Phi) is 6.24. The summed E-state index contributed by atoms with van der Waals surface area (Å²) in [6, 6.07) is 2.60. The number of nitrogens with one attached hydrogen (secondary N) is 3. The van der Waals surface area contributed by atoms with Gasteiger partial charge in [-0.2, -0.15) is 0 Å². The van der Waals surface area contributed by atoms with E-state index < -0.39 is 11.9 Å². The number of aromatic nitrogens is 1. The first kappa shape index (κ1) is 16.2. The topological polar surface area (TPSA) is 83.1 Å². The number of amides is 2. The minimum absolute atomic E-state index is 0.0914. The Morgan fingerprint density at radius 2 is 2.10 bits per heavy atom. The Balaban J connectivity index is 2.73. The van der Waals surface area contributed by atoms with E-state index in [0.717, 1.165) is 6.42 Å². The van der Waals surface area contributed by atoms with Crippen LogP contribution in [0.2, 0.25) is 5.02 Å². The third-order valence-electron chi connectivity index (χ3n) is 2.61. The highest BCUT2D eigenvalue weighted by Gasteiger charge is 2.19. The summed E-state index contributed by atoms with van der Waals surface area (Å²) < 4.78 is 0. The quantitative estimate of drug-likeness (QED) is 0.742. The Morgan fingerprint density at radius 1 is 1.40 bits per heavy atom. The van der Waals surface area contributed by atoms with Crippen molar-refractivity contribution in [2.45, 2.75) is 26.3 Å². The maximum absolute atomic E-state index is 12.1. The van der Waals surface area contributed by atoms with Gasteiger partial charge in [-0.15, -0.1) is 0 Å². The van der Waals surface area contributed by atoms with E-state index in [9.17, 15) is 9.59 Å². The number of carbonyl (C=O) groups is 2. The number of rotatable bonds is 6. The molecule has 3 N–H and O–H groups in total. The number of halogens is 1. The molecule has 2 amide bonds. The summed E-state index contributed by atoms with van der Waals surface area (Å²) in [6.07, 6.45) is 0.837. The SMILES string of the molecule is CCCNC(=O)C(C)NC(=O)c1nc(NC)ccc1Cl. The number of nitrogens with zero attached hydrogens (tertiary/aromatic N) is 1. The van der Waals surface area contributed by atoms with Gasteiger partial charge in [0.1, 0.15) is 17.6 Å². The van der Waals surface area contributed by atoms with Crippen molar-refractivity contribution >= 4 is 29.2 Å². The van der Waals surface area contributed by atoms with Crippen molar-refractivity contribution in [1.82, 2.24) is 15.6 Å². The molecule has 1 aromatic heterocycles. The highest BCUT2D eigenvalue weighted by molar-refractivity contribution is 6.33. The molecule has 110 valence electrons. The first-order chi connectivity index (χ1) is 9.49. The molecular formula is C13H19ClN4O2. The predicted octanol–water partition coefficient (Wildman–Crippen LogP) is 1.42. The van der Waals surface area contributed by atoms with Gasteiger partial charge in [-0.1, -0.05) is 18.5 Å². The fourth-order valence-electron chi connectivity index (χ4n) is 1.47. The predicted molar refractivity (Wildman–Crippen MR) is 79.0 cm³/mol. The lowest BCUT2D eigenvalue weighted by molar-refractivity contribution is -0.122. The summed E-state index contributed by atoms with van der Waals surface area (Å²) in [7, 11) is 1.69. The van der Waals surface area contributed by atoms with Gasteiger partial charge in [-0.05, 0) is 25.5 Å². The van der Waals surface area contributed by atoms with Gasteiger partial charge in [0, 0.05) is 13.6 Å². The number of pyridine rings is 1. The lowest BCUT2D eigenvalue weighted by atomic mass is 10.2. The summed E-state index contributed by atoms with van der Waals surface area (Å²) >= 11 is 5.94. The van der Waals surface area contributed by atoms with Crippen molar-refractivity contribution < 1.29 is 9.59 Å². The van der Waals surface area contributed by atoms with Gasteiger partial charge in [0.05, 0.1) is 5.02 Å². The number of anilines is 1. The molecule has 1 unspecified atom stereocenters. The van der Waals surface area contributed by atoms with Crippen LogP contribution in [0.5, 0.6) is 0 Å². The average Bonchev–Trinajstić information content (AvgIpc) is 2.44. The van der Waals surface area contributed by atoms with Crippen molar-refractivity contribution in [2.75, 3.05) is 18.9 Å². The van der Waals surface area contributed by atoms with E-state index in [-0.39, 0.29) is 16.6 Å². The molecule has 1 atom stereocenters. The molecule has 1 rings (SSSR count). The Bertz CT molecular complexity index is 493. The molecule has 0 aliphatic heterocycles. The van der Waals surface area contributed by atoms with Crippen molar-refractivity contribution in [3.05, 3.63) is 22.8 Å². The normalized spacial score (nSPS) is 11.6. The smallest absolute Gasteiger partial charge is 0.272 e. The fraction of sp³-hybridized carbons (Fsp3) is 0.462. The van der Waals surface area contributed by atoms with E-state index in [4.69, 9.17) is 11.6 Å². The molecule has 0 aliphatic carbocycles. The minimum Gasteiger partial charge on any atom is -0.373 e. The van der Waals surface area contributed by atoms with Crippen LogP contribution in [0.4, 0.5) is 5.82 Å². The molecule has 0 saturated heterocycles. The maximum atomic E-state index is 12.1. The summed E-state index contributed by atoms with van der Waals surface area (Å²) in [4.78, 5) is 27.8. The molecule has 0 aliphatic rings. The van der Waals surface area contributed by atoms with Gasteiger partial charge >= 0.3 is 0 Å². The van der Waals surface area contributed by atoms with Crippen LogP contribution in [0.3, 0.4) is 0 Å². The van der Waals surface area contributed by atoms with Crippen molar-refractivity contribution in [3.8, 4) is 0 Å². The van der Waals surface area contributed by atoms with E-state index in [0.29, 0.717) is 12.4 Å². The van der Waals surface area contributed by atoms with E-state index in [1.54, 1.807) is 26.1 Å². The zero-order chi connectivity index (χ0) is 15.1. The molecule has 0 fully saturated rings. The molecule has 0 saturated carbocycles. The number of carbonyl (C=O) groups excluding carboxylic acids is 2. The molecule has 0 bridgehead atoms. The van der Waals surface area contributed by atoms with Crippen LogP contribution in [-0.4, -0.2) is 36.4 Å². The lowest BCUT2D eigenvalue weighted by Crippen LogP contribution is -2.45. The standard InChI is InChI=1S/C13H19ClN4O2/c1-4-7-16-12(19)8(2)17-13(20)11-9(14)5-6-10(15-3)18-11/h5-6,8H,4,7H2,1-3H3,(H,15,18)(H,16,19)(H,17,20). The highest BCUT2D eigenvalue weighted by Crippen LogP contribution is 2.16. The third-order valence-corrected chi connectivity index (χ3v) is 2.91. The highest BCUT2D eigenvalue weighted by atomic mass is 35.5. The molecule has 6 nitrogen and oxygen atoms in total. The molecule has 0 radical (unpaired) electrons. The molecule has 0 aromatic carbocycles. The summed E-state index contributed by atoms with van der Waals surface area (Å²) in [5, 5.41) is 8.34. The molecule has 7 heteroatoms. The van der Waals surface area contributed by atoms with Gasteiger partial charge in [0.25, 0.3) is 5.91 Å². The van der Waals surface area contributed by atoms with E-state index in [1.807, 2.05) is 6.92 Å². The molecule has 20 heavy (non-hydrogen) atoms. The van der Waals surface area contributed by atoms with Crippen LogP contribution < -0.4 is 16.0 Å². The monoisotopic (exact) mass is 298 g/mol. The summed E-state index contributed by atoms with van der Waals surface area (Å²) in [6.45, 7) is 4.14. The van der Waals surface area contributed by atoms with Gasteiger partial charge in [-0.25, -0.2) is 4.98 Å². The molecular weight excluding hydrogens is 280 g/mol. The first-order valence-corrected chi connectivity index (χ1v) is 6.80. The number of hydrogen-bond donors (Lipinski definition) is 3. The largest absolute Gasteiger partial charge is 0.373 e. The van der Waals surface area contributed by atoms with E-state index >= 15 is 0 Å². The van der Waals surface area contributed by atoms with Gasteiger partial charge < -0.3 is 16.0 Å². The maximum Gasteiger partial charge on any atom is 0.272 e. The van der Waals surface area contributed by atoms with Gasteiger partial charge in [0.2, 0.25) is 5.91 Å². The Morgan fingerprint density at radius 3 is 2.70 bits per heavy atom. The molecule has 0 spiro atoms. The lowest BCUT2D eigenvalue weighted by Gasteiger charge is -2.14. The second-order valence-electron chi connectivity index (χ2n) is 4.26. The first-order valence-electron chi connectivity index (χ1n) is 6.42. The second kappa shape index (κ2) is 7.69. The van der Waals surface area contributed by atoms with Gasteiger partial charge in [0.15, 0.2) is 0 Å². The Hall–Kier alpha value is -1.82. The minimum atomic E-state index is -0.648.